The first-order chi connectivity index (χ1) is 12.7. The fraction of sp³-hybridized carbons (Fsp3) is 0.316. The van der Waals surface area contributed by atoms with E-state index in [0.717, 1.165) is 0 Å². The van der Waals surface area contributed by atoms with Gasteiger partial charge in [-0.2, -0.15) is 0 Å². The summed E-state index contributed by atoms with van der Waals surface area (Å²) in [4.78, 5) is 15.7. The quantitative estimate of drug-likeness (QED) is 0.703. The SMILES string of the molecule is O=c1[nH]c2cc(OC3CN(C[C@@H](F)COc4ccccc4)C3)ccc2o1. The molecule has 1 N–H and O–H groups in total. The number of hydrogen-bond acceptors (Lipinski definition) is 5. The lowest BCUT2D eigenvalue weighted by Crippen LogP contribution is -2.55. The molecule has 1 aromatic heterocycles. The van der Waals surface area contributed by atoms with Crippen molar-refractivity contribution in [3.63, 3.8) is 0 Å². The smallest absolute Gasteiger partial charge is 0.417 e. The van der Waals surface area contributed by atoms with E-state index in [1.165, 1.54) is 0 Å². The topological polar surface area (TPSA) is 67.7 Å². The highest BCUT2D eigenvalue weighted by atomic mass is 19.1. The number of benzene rings is 2. The molecule has 7 heteroatoms. The first-order valence-electron chi connectivity index (χ1n) is 8.49. The number of ether oxygens (including phenoxy) is 2. The van der Waals surface area contributed by atoms with Crippen LogP contribution in [0.5, 0.6) is 11.5 Å². The molecule has 2 aromatic carbocycles. The Kier molecular flexibility index (Phi) is 4.62. The van der Waals surface area contributed by atoms with E-state index in [4.69, 9.17) is 13.9 Å². The number of halogens is 1. The number of rotatable bonds is 7. The second-order valence-corrected chi connectivity index (χ2v) is 6.35. The van der Waals surface area contributed by atoms with Crippen molar-refractivity contribution in [3.05, 3.63) is 59.1 Å². The van der Waals surface area contributed by atoms with Gasteiger partial charge in [-0.15, -0.1) is 0 Å². The first-order valence-corrected chi connectivity index (χ1v) is 8.49. The highest BCUT2D eigenvalue weighted by molar-refractivity contribution is 5.73. The Balaban J connectivity index is 1.21. The maximum absolute atomic E-state index is 14.0. The van der Waals surface area contributed by atoms with Gasteiger partial charge < -0.3 is 13.9 Å². The lowest BCUT2D eigenvalue weighted by Gasteiger charge is -2.39. The molecule has 0 unspecified atom stereocenters. The number of H-pyrrole nitrogens is 1. The summed E-state index contributed by atoms with van der Waals surface area (Å²) in [7, 11) is 0. The molecule has 0 bridgehead atoms. The Bertz CT molecular complexity index is 918. The van der Waals surface area contributed by atoms with Crippen molar-refractivity contribution in [2.45, 2.75) is 12.3 Å². The lowest BCUT2D eigenvalue weighted by atomic mass is 10.1. The Morgan fingerprint density at radius 1 is 1.19 bits per heavy atom. The van der Waals surface area contributed by atoms with Crippen molar-refractivity contribution < 1.29 is 18.3 Å². The number of nitrogens with one attached hydrogen (secondary N) is 1. The van der Waals surface area contributed by atoms with E-state index in [9.17, 15) is 9.18 Å². The molecule has 1 saturated heterocycles. The molecule has 2 heterocycles. The van der Waals surface area contributed by atoms with Crippen molar-refractivity contribution >= 4 is 11.1 Å². The van der Waals surface area contributed by atoms with Gasteiger partial charge in [0.05, 0.1) is 5.52 Å². The zero-order chi connectivity index (χ0) is 17.9. The molecule has 0 saturated carbocycles. The van der Waals surface area contributed by atoms with Gasteiger partial charge in [-0.25, -0.2) is 9.18 Å². The van der Waals surface area contributed by atoms with Gasteiger partial charge in [0.25, 0.3) is 0 Å². The summed E-state index contributed by atoms with van der Waals surface area (Å²) in [5, 5.41) is 0. The number of nitrogens with zero attached hydrogens (tertiary/aromatic N) is 1. The normalized spacial score (nSPS) is 16.3. The highest BCUT2D eigenvalue weighted by Gasteiger charge is 2.30. The molecule has 3 aromatic rings. The number of hydrogen-bond donors (Lipinski definition) is 1. The van der Waals surface area contributed by atoms with Crippen molar-refractivity contribution in [1.82, 2.24) is 9.88 Å². The molecule has 6 nitrogen and oxygen atoms in total. The van der Waals surface area contributed by atoms with E-state index < -0.39 is 11.9 Å². The van der Waals surface area contributed by atoms with E-state index >= 15 is 0 Å². The summed E-state index contributed by atoms with van der Waals surface area (Å²) in [5.41, 5.74) is 1.10. The molecule has 1 atom stereocenters. The van der Waals surface area contributed by atoms with E-state index in [-0.39, 0.29) is 12.7 Å². The Morgan fingerprint density at radius 2 is 2.00 bits per heavy atom. The van der Waals surface area contributed by atoms with Crippen molar-refractivity contribution in [2.24, 2.45) is 0 Å². The highest BCUT2D eigenvalue weighted by Crippen LogP contribution is 2.22. The summed E-state index contributed by atoms with van der Waals surface area (Å²) in [5.74, 6) is 0.842. The number of aromatic nitrogens is 1. The van der Waals surface area contributed by atoms with Crippen LogP contribution in [0.3, 0.4) is 0 Å². The number of oxazole rings is 1. The first kappa shape index (κ1) is 16.7. The largest absolute Gasteiger partial charge is 0.491 e. The van der Waals surface area contributed by atoms with Gasteiger partial charge in [-0.1, -0.05) is 18.2 Å². The van der Waals surface area contributed by atoms with Crippen molar-refractivity contribution in [2.75, 3.05) is 26.2 Å². The average Bonchev–Trinajstić information content (AvgIpc) is 2.98. The van der Waals surface area contributed by atoms with E-state index in [2.05, 4.69) is 4.98 Å². The van der Waals surface area contributed by atoms with E-state index in [1.54, 1.807) is 18.2 Å². The van der Waals surface area contributed by atoms with Gasteiger partial charge in [-0.3, -0.25) is 9.88 Å². The molecule has 0 amide bonds. The fourth-order valence-corrected chi connectivity index (χ4v) is 2.98. The standard InChI is InChI=1S/C19H19FN2O4/c20-13(12-24-14-4-2-1-3-5-14)9-22-10-16(11-22)25-15-6-7-18-17(8-15)21-19(23)26-18/h1-8,13,16H,9-12H2,(H,21,23)/t13-/m1/s1. The molecule has 0 radical (unpaired) electrons. The molecule has 1 aliphatic rings. The molecule has 4 rings (SSSR count). The van der Waals surface area contributed by atoms with Crippen molar-refractivity contribution in [3.8, 4) is 11.5 Å². The van der Waals surface area contributed by atoms with Crippen LogP contribution in [0.15, 0.2) is 57.7 Å². The Morgan fingerprint density at radius 3 is 2.81 bits per heavy atom. The average molecular weight is 358 g/mol. The van der Waals surface area contributed by atoms with Crippen LogP contribution < -0.4 is 15.2 Å². The summed E-state index contributed by atoms with van der Waals surface area (Å²) >= 11 is 0. The zero-order valence-corrected chi connectivity index (χ0v) is 14.1. The number of alkyl halides is 1. The minimum Gasteiger partial charge on any atom is -0.491 e. The monoisotopic (exact) mass is 358 g/mol. The summed E-state index contributed by atoms with van der Waals surface area (Å²) in [6.07, 6.45) is -1.04. The number of para-hydroxylation sites is 1. The summed E-state index contributed by atoms with van der Waals surface area (Å²) in [6, 6.07) is 14.4. The third-order valence-corrected chi connectivity index (χ3v) is 4.25. The maximum atomic E-state index is 14.0. The predicted molar refractivity (Wildman–Crippen MR) is 94.5 cm³/mol. The molecule has 1 fully saturated rings. The molecule has 136 valence electrons. The van der Waals surface area contributed by atoms with E-state index in [0.29, 0.717) is 42.2 Å². The zero-order valence-electron chi connectivity index (χ0n) is 14.1. The van der Waals surface area contributed by atoms with Gasteiger partial charge in [0, 0.05) is 25.7 Å². The number of fused-ring (bicyclic) bond motifs is 1. The van der Waals surface area contributed by atoms with Crippen LogP contribution >= 0.6 is 0 Å². The second kappa shape index (κ2) is 7.21. The summed E-state index contributed by atoms with van der Waals surface area (Å²) in [6.45, 7) is 1.68. The molecular weight excluding hydrogens is 339 g/mol. The van der Waals surface area contributed by atoms with Crippen LogP contribution in [-0.2, 0) is 0 Å². The lowest BCUT2D eigenvalue weighted by molar-refractivity contribution is 0.000251. The summed E-state index contributed by atoms with van der Waals surface area (Å²) < 4.78 is 30.3. The molecule has 26 heavy (non-hydrogen) atoms. The number of aromatic amines is 1. The van der Waals surface area contributed by atoms with E-state index in [1.807, 2.05) is 35.2 Å². The van der Waals surface area contributed by atoms with Crippen LogP contribution in [0, 0.1) is 0 Å². The predicted octanol–water partition coefficient (Wildman–Crippen LogP) is 2.60. The molecule has 1 aliphatic heterocycles. The minimum atomic E-state index is -1.05. The van der Waals surface area contributed by atoms with Crippen LogP contribution in [-0.4, -0.2) is 48.4 Å². The second-order valence-electron chi connectivity index (χ2n) is 6.35. The van der Waals surface area contributed by atoms with Gasteiger partial charge in [0.1, 0.15) is 30.4 Å². The van der Waals surface area contributed by atoms with Gasteiger partial charge >= 0.3 is 5.76 Å². The van der Waals surface area contributed by atoms with Crippen LogP contribution in [0.25, 0.3) is 11.1 Å². The Labute approximate surface area is 149 Å². The molecule has 0 spiro atoms. The van der Waals surface area contributed by atoms with Crippen LogP contribution in [0.4, 0.5) is 4.39 Å². The fourth-order valence-electron chi connectivity index (χ4n) is 2.98. The maximum Gasteiger partial charge on any atom is 0.417 e. The molecule has 0 aliphatic carbocycles. The minimum absolute atomic E-state index is 0.00770. The van der Waals surface area contributed by atoms with Crippen LogP contribution in [0.2, 0.25) is 0 Å². The van der Waals surface area contributed by atoms with Gasteiger partial charge in [-0.05, 0) is 24.3 Å². The third-order valence-electron chi connectivity index (χ3n) is 4.25. The van der Waals surface area contributed by atoms with Gasteiger partial charge in [0.15, 0.2) is 5.58 Å². The van der Waals surface area contributed by atoms with Crippen LogP contribution in [0.1, 0.15) is 0 Å². The molecular formula is C19H19FN2O4. The Hall–Kier alpha value is -2.80. The van der Waals surface area contributed by atoms with Gasteiger partial charge in [0.2, 0.25) is 0 Å². The third kappa shape index (κ3) is 3.88. The number of likely N-dealkylation sites (tertiary alicyclic amines) is 1. The van der Waals surface area contributed by atoms with Crippen molar-refractivity contribution in [1.29, 1.82) is 0 Å².